The normalized spacial score (nSPS) is 11.6. The Morgan fingerprint density at radius 3 is 2.35 bits per heavy atom. The molecular weight excluding hydrogens is 358 g/mol. The number of benzene rings is 2. The summed E-state index contributed by atoms with van der Waals surface area (Å²) in [5.41, 5.74) is 1.84. The Kier molecular flexibility index (Phi) is 6.35. The number of esters is 1. The molecule has 0 fully saturated rings. The second-order valence-electron chi connectivity index (χ2n) is 5.14. The van der Waals surface area contributed by atoms with E-state index in [4.69, 9.17) is 4.74 Å². The summed E-state index contributed by atoms with van der Waals surface area (Å²) in [6.45, 7) is 1.98. The van der Waals surface area contributed by atoms with Crippen LogP contribution in [-0.4, -0.2) is 18.0 Å². The number of ether oxygens (including phenoxy) is 1. The highest BCUT2D eigenvalue weighted by Gasteiger charge is 2.17. The predicted octanol–water partition coefficient (Wildman–Crippen LogP) is 3.24. The minimum absolute atomic E-state index is 0.142. The van der Waals surface area contributed by atoms with E-state index in [1.54, 1.807) is 6.92 Å². The number of amides is 1. The summed E-state index contributed by atoms with van der Waals surface area (Å²) < 4.78 is 6.12. The maximum absolute atomic E-state index is 12.0. The lowest BCUT2D eigenvalue weighted by Gasteiger charge is -2.13. The Bertz CT molecular complexity index is 656. The van der Waals surface area contributed by atoms with Crippen LogP contribution in [0.3, 0.4) is 0 Å². The lowest BCUT2D eigenvalue weighted by Crippen LogP contribution is -2.35. The van der Waals surface area contributed by atoms with Crippen molar-refractivity contribution < 1.29 is 14.3 Å². The molecule has 4 nitrogen and oxygen atoms in total. The van der Waals surface area contributed by atoms with Crippen molar-refractivity contribution >= 4 is 27.8 Å². The molecule has 2 aromatic carbocycles. The zero-order valence-corrected chi connectivity index (χ0v) is 14.4. The average Bonchev–Trinajstić information content (AvgIpc) is 2.55. The molecule has 0 heterocycles. The maximum Gasteiger partial charge on any atom is 0.311 e. The second-order valence-corrected chi connectivity index (χ2v) is 6.05. The van der Waals surface area contributed by atoms with E-state index < -0.39 is 12.1 Å². The minimum atomic E-state index is -0.818. The molecule has 0 saturated carbocycles. The van der Waals surface area contributed by atoms with Crippen molar-refractivity contribution in [2.75, 3.05) is 0 Å². The molecule has 0 spiro atoms. The lowest BCUT2D eigenvalue weighted by atomic mass is 10.1. The van der Waals surface area contributed by atoms with E-state index in [1.165, 1.54) is 0 Å². The largest absolute Gasteiger partial charge is 0.452 e. The molecule has 2 rings (SSSR count). The molecule has 0 bridgehead atoms. The molecule has 0 radical (unpaired) electrons. The fourth-order valence-corrected chi connectivity index (χ4v) is 2.25. The van der Waals surface area contributed by atoms with Crippen LogP contribution in [0.25, 0.3) is 0 Å². The molecule has 0 aliphatic heterocycles. The molecule has 1 amide bonds. The van der Waals surface area contributed by atoms with Crippen molar-refractivity contribution in [1.82, 2.24) is 5.32 Å². The Morgan fingerprint density at radius 1 is 1.04 bits per heavy atom. The van der Waals surface area contributed by atoms with Gasteiger partial charge in [0.1, 0.15) is 0 Å². The number of nitrogens with one attached hydrogen (secondary N) is 1. The van der Waals surface area contributed by atoms with E-state index in [-0.39, 0.29) is 12.3 Å². The van der Waals surface area contributed by atoms with Crippen molar-refractivity contribution in [3.05, 3.63) is 70.2 Å². The van der Waals surface area contributed by atoms with Crippen molar-refractivity contribution in [2.24, 2.45) is 0 Å². The van der Waals surface area contributed by atoms with Crippen LogP contribution in [0.15, 0.2) is 59.1 Å². The molecule has 0 saturated heterocycles. The fourth-order valence-electron chi connectivity index (χ4n) is 1.99. The van der Waals surface area contributed by atoms with Gasteiger partial charge in [0.2, 0.25) is 0 Å². The van der Waals surface area contributed by atoms with Crippen LogP contribution in [0.4, 0.5) is 0 Å². The first kappa shape index (κ1) is 17.2. The van der Waals surface area contributed by atoms with Crippen molar-refractivity contribution in [2.45, 2.75) is 26.0 Å². The van der Waals surface area contributed by atoms with Crippen LogP contribution < -0.4 is 5.32 Å². The minimum Gasteiger partial charge on any atom is -0.452 e. The van der Waals surface area contributed by atoms with E-state index >= 15 is 0 Å². The Morgan fingerprint density at radius 2 is 1.70 bits per heavy atom. The fraction of sp³-hybridized carbons (Fsp3) is 0.222. The van der Waals surface area contributed by atoms with Crippen LogP contribution >= 0.6 is 15.9 Å². The van der Waals surface area contributed by atoms with Crippen LogP contribution in [0.2, 0.25) is 0 Å². The predicted molar refractivity (Wildman–Crippen MR) is 91.7 cm³/mol. The highest BCUT2D eigenvalue weighted by Crippen LogP contribution is 2.11. The highest BCUT2D eigenvalue weighted by atomic mass is 79.9. The van der Waals surface area contributed by atoms with Gasteiger partial charge in [-0.05, 0) is 30.2 Å². The van der Waals surface area contributed by atoms with Crippen molar-refractivity contribution in [3.63, 3.8) is 0 Å². The summed E-state index contributed by atoms with van der Waals surface area (Å²) in [4.78, 5) is 23.8. The van der Waals surface area contributed by atoms with Gasteiger partial charge in [0.15, 0.2) is 6.10 Å². The number of carbonyl (C=O) groups is 2. The molecule has 1 atom stereocenters. The van der Waals surface area contributed by atoms with Crippen LogP contribution in [-0.2, 0) is 27.3 Å². The van der Waals surface area contributed by atoms with Gasteiger partial charge < -0.3 is 10.1 Å². The summed E-state index contributed by atoms with van der Waals surface area (Å²) in [6, 6.07) is 17.0. The first-order valence-corrected chi connectivity index (χ1v) is 8.09. The van der Waals surface area contributed by atoms with Gasteiger partial charge in [-0.2, -0.15) is 0 Å². The Balaban J connectivity index is 1.78. The van der Waals surface area contributed by atoms with E-state index in [0.29, 0.717) is 6.54 Å². The monoisotopic (exact) mass is 375 g/mol. The molecule has 1 N–H and O–H groups in total. The maximum atomic E-state index is 12.0. The molecule has 0 aromatic heterocycles. The summed E-state index contributed by atoms with van der Waals surface area (Å²) in [5, 5.41) is 2.75. The third-order valence-electron chi connectivity index (χ3n) is 3.25. The van der Waals surface area contributed by atoms with Crippen LogP contribution in [0.5, 0.6) is 0 Å². The second kappa shape index (κ2) is 8.48. The van der Waals surface area contributed by atoms with Crippen LogP contribution in [0, 0.1) is 0 Å². The van der Waals surface area contributed by atoms with Crippen molar-refractivity contribution in [3.8, 4) is 0 Å². The molecule has 2 aromatic rings. The Labute approximate surface area is 144 Å². The smallest absolute Gasteiger partial charge is 0.311 e. The van der Waals surface area contributed by atoms with E-state index in [2.05, 4.69) is 21.2 Å². The molecule has 5 heteroatoms. The van der Waals surface area contributed by atoms with E-state index in [0.717, 1.165) is 15.6 Å². The molecule has 0 aliphatic carbocycles. The van der Waals surface area contributed by atoms with Gasteiger partial charge in [0.05, 0.1) is 6.42 Å². The number of carbonyl (C=O) groups excluding carboxylic acids is 2. The zero-order valence-electron chi connectivity index (χ0n) is 12.8. The quantitative estimate of drug-likeness (QED) is 0.788. The van der Waals surface area contributed by atoms with Crippen molar-refractivity contribution in [1.29, 1.82) is 0 Å². The summed E-state index contributed by atoms with van der Waals surface area (Å²) in [5.74, 6) is -0.729. The van der Waals surface area contributed by atoms with E-state index in [9.17, 15) is 9.59 Å². The number of hydrogen-bond donors (Lipinski definition) is 1. The third kappa shape index (κ3) is 5.87. The van der Waals surface area contributed by atoms with Gasteiger partial charge in [-0.3, -0.25) is 9.59 Å². The third-order valence-corrected chi connectivity index (χ3v) is 3.78. The molecule has 120 valence electrons. The summed E-state index contributed by atoms with van der Waals surface area (Å²) >= 11 is 3.34. The molecule has 23 heavy (non-hydrogen) atoms. The number of halogens is 1. The van der Waals surface area contributed by atoms with Gasteiger partial charge in [-0.25, -0.2) is 0 Å². The van der Waals surface area contributed by atoms with Crippen LogP contribution in [0.1, 0.15) is 18.1 Å². The molecule has 0 unspecified atom stereocenters. The van der Waals surface area contributed by atoms with Gasteiger partial charge in [-0.15, -0.1) is 0 Å². The van der Waals surface area contributed by atoms with E-state index in [1.807, 2.05) is 54.6 Å². The average molecular weight is 376 g/mol. The zero-order chi connectivity index (χ0) is 16.7. The van der Waals surface area contributed by atoms with Gasteiger partial charge in [0.25, 0.3) is 5.91 Å². The van der Waals surface area contributed by atoms with Gasteiger partial charge in [0, 0.05) is 11.0 Å². The van der Waals surface area contributed by atoms with Gasteiger partial charge >= 0.3 is 5.97 Å². The summed E-state index contributed by atoms with van der Waals surface area (Å²) in [7, 11) is 0. The first-order valence-electron chi connectivity index (χ1n) is 7.30. The molecular formula is C18H18BrNO3. The first-order chi connectivity index (χ1) is 11.0. The highest BCUT2D eigenvalue weighted by molar-refractivity contribution is 9.10. The standard InChI is InChI=1S/C18H18BrNO3/c1-13(18(22)20-12-15-5-3-2-4-6-15)23-17(21)11-14-7-9-16(19)10-8-14/h2-10,13H,11-12H2,1H3,(H,20,22)/t13-/m1/s1. The topological polar surface area (TPSA) is 55.4 Å². The number of rotatable bonds is 6. The lowest BCUT2D eigenvalue weighted by molar-refractivity contribution is -0.154. The Hall–Kier alpha value is -2.14. The summed E-state index contributed by atoms with van der Waals surface area (Å²) in [6.07, 6.45) is -0.675. The number of hydrogen-bond acceptors (Lipinski definition) is 3. The van der Waals surface area contributed by atoms with Gasteiger partial charge in [-0.1, -0.05) is 58.4 Å². The molecule has 0 aliphatic rings. The SMILES string of the molecule is C[C@@H](OC(=O)Cc1ccc(Br)cc1)C(=O)NCc1ccccc1.